The second-order valence-corrected chi connectivity index (χ2v) is 0.462. The smallest absolute Gasteiger partial charge is 0.0908 e. The predicted octanol–water partition coefficient (Wildman–Crippen LogP) is 1.09. The maximum absolute atomic E-state index is 7.84. The van der Waals surface area contributed by atoms with E-state index in [9.17, 15) is 0 Å². The maximum atomic E-state index is 7.84. The van der Waals surface area contributed by atoms with E-state index in [0.29, 0.717) is 0 Å². The van der Waals surface area contributed by atoms with E-state index in [1.165, 1.54) is 0 Å². The van der Waals surface area contributed by atoms with Crippen LogP contribution < -0.4 is 0 Å². The van der Waals surface area contributed by atoms with Crippen molar-refractivity contribution >= 4 is 0 Å². The maximum Gasteiger partial charge on any atom is 0.0908 e. The van der Waals surface area contributed by atoms with Gasteiger partial charge in [-0.3, -0.25) is 0 Å². The summed E-state index contributed by atoms with van der Waals surface area (Å²) >= 11 is 0. The van der Waals surface area contributed by atoms with Gasteiger partial charge in [-0.25, -0.2) is 0 Å². The van der Waals surface area contributed by atoms with E-state index in [-0.39, 0.29) is 0 Å². The van der Waals surface area contributed by atoms with Crippen LogP contribution in [0.5, 0.6) is 0 Å². The van der Waals surface area contributed by atoms with Crippen LogP contribution >= 0.6 is 0 Å². The minimum Gasteiger partial charge on any atom is -0.193 e. The van der Waals surface area contributed by atoms with Crippen molar-refractivity contribution in [1.29, 1.82) is 5.26 Å². The molecule has 0 fully saturated rings. The van der Waals surface area contributed by atoms with Crippen LogP contribution in [-0.4, -0.2) is 0 Å². The molecule has 0 N–H and O–H groups in total. The summed E-state index contributed by atoms with van der Waals surface area (Å²) in [6, 6.07) is 1.58. The van der Waals surface area contributed by atoms with E-state index in [1.54, 1.807) is 6.07 Å². The summed E-state index contributed by atoms with van der Waals surface area (Å²) < 4.78 is 19.6. The molecule has 0 rings (SSSR count). The largest absolute Gasteiger partial charge is 0.193 e. The quantitative estimate of drug-likeness (QED) is 0.391. The molecule has 26 valence electrons. The van der Waals surface area contributed by atoms with Gasteiger partial charge >= 0.3 is 0 Å². The topological polar surface area (TPSA) is 23.8 Å². The van der Waals surface area contributed by atoms with E-state index in [1.807, 2.05) is 0 Å². The van der Waals surface area contributed by atoms with E-state index < -0.39 is 6.85 Å². The minimum absolute atomic E-state index is 0.882. The van der Waals surface area contributed by atoms with Gasteiger partial charge in [0.2, 0.25) is 0 Å². The molecule has 0 radical (unpaired) electrons. The highest BCUT2D eigenvalue weighted by atomic mass is 14.2. The summed E-state index contributed by atoms with van der Waals surface area (Å²) in [5.41, 5.74) is 0. The van der Waals surface area contributed by atoms with Gasteiger partial charge < -0.3 is 0 Å². The standard InChI is InChI=1S/C4H5N/c1-2-3-4-5/h2-3H,1H3/b3-2+/i1D3. The molecule has 5 heavy (non-hydrogen) atoms. The molecule has 0 amide bonds. The first-order chi connectivity index (χ1) is 3.56. The summed E-state index contributed by atoms with van der Waals surface area (Å²) in [6.45, 7) is -2.10. The van der Waals surface area contributed by atoms with Gasteiger partial charge in [-0.05, 0) is 6.85 Å². The van der Waals surface area contributed by atoms with Crippen molar-refractivity contribution in [3.05, 3.63) is 12.2 Å². The Balaban J connectivity index is 3.75. The van der Waals surface area contributed by atoms with Gasteiger partial charge in [-0.2, -0.15) is 5.26 Å². The third kappa shape index (κ3) is 3.23. The highest BCUT2D eigenvalue weighted by Gasteiger charge is 1.45. The lowest BCUT2D eigenvalue weighted by Gasteiger charge is -1.47. The second kappa shape index (κ2) is 3.23. The Morgan fingerprint density at radius 2 is 3.00 bits per heavy atom. The number of nitriles is 1. The fourth-order valence-corrected chi connectivity index (χ4v) is 0.0373. The lowest BCUT2D eigenvalue weighted by molar-refractivity contribution is 1.53. The highest BCUT2D eigenvalue weighted by molar-refractivity contribution is 4.99. The Labute approximate surface area is 35.8 Å². The predicted molar refractivity (Wildman–Crippen MR) is 20.4 cm³/mol. The first kappa shape index (κ1) is 1.14. The molecule has 0 unspecified atom stereocenters. The SMILES string of the molecule is [2H]C([2H])([2H])/C=C/C#N. The van der Waals surface area contributed by atoms with Gasteiger partial charge in [0.25, 0.3) is 0 Å². The van der Waals surface area contributed by atoms with Crippen molar-refractivity contribution in [3.8, 4) is 6.07 Å². The molecular weight excluding hydrogens is 62.1 g/mol. The highest BCUT2D eigenvalue weighted by Crippen LogP contribution is 1.58. The molecule has 0 heterocycles. The molecule has 0 atom stereocenters. The van der Waals surface area contributed by atoms with Crippen molar-refractivity contribution in [1.82, 2.24) is 0 Å². The molecule has 0 aliphatic carbocycles. The van der Waals surface area contributed by atoms with Crippen LogP contribution in [0.15, 0.2) is 12.2 Å². The van der Waals surface area contributed by atoms with Gasteiger partial charge in [0.1, 0.15) is 0 Å². The average molecular weight is 70.1 g/mol. The Kier molecular flexibility index (Phi) is 0.735. The zero-order valence-electron chi connectivity index (χ0n) is 5.60. The molecule has 0 spiro atoms. The van der Waals surface area contributed by atoms with E-state index in [0.717, 1.165) is 12.2 Å². The summed E-state index contributed by atoms with van der Waals surface area (Å²) in [5, 5.41) is 7.84. The van der Waals surface area contributed by atoms with Crippen molar-refractivity contribution in [2.75, 3.05) is 0 Å². The summed E-state index contributed by atoms with van der Waals surface area (Å²) in [7, 11) is 0. The normalized spacial score (nSPS) is 19.4. The van der Waals surface area contributed by atoms with Crippen molar-refractivity contribution in [3.63, 3.8) is 0 Å². The van der Waals surface area contributed by atoms with Crippen LogP contribution in [0.1, 0.15) is 11.0 Å². The van der Waals surface area contributed by atoms with Crippen LogP contribution in [-0.2, 0) is 0 Å². The monoisotopic (exact) mass is 70.1 g/mol. The van der Waals surface area contributed by atoms with Crippen LogP contribution in [0.25, 0.3) is 0 Å². The van der Waals surface area contributed by atoms with E-state index in [4.69, 9.17) is 9.37 Å². The number of allylic oxidation sites excluding steroid dienone is 2. The molecule has 0 aromatic rings. The Bertz CT molecular complexity index is 127. The van der Waals surface area contributed by atoms with Crippen molar-refractivity contribution in [2.45, 2.75) is 6.85 Å². The molecule has 0 aliphatic heterocycles. The molecule has 0 saturated heterocycles. The zero-order valence-corrected chi connectivity index (χ0v) is 2.60. The first-order valence-corrected chi connectivity index (χ1v) is 1.13. The fraction of sp³-hybridized carbons (Fsp3) is 0.250. The molecular formula is C4H5N. The van der Waals surface area contributed by atoms with Crippen LogP contribution in [0.3, 0.4) is 0 Å². The molecule has 1 nitrogen and oxygen atoms in total. The number of rotatable bonds is 0. The second-order valence-electron chi connectivity index (χ2n) is 0.462. The molecule has 0 aliphatic rings. The van der Waals surface area contributed by atoms with Gasteiger partial charge in [-0.15, -0.1) is 0 Å². The van der Waals surface area contributed by atoms with E-state index >= 15 is 0 Å². The van der Waals surface area contributed by atoms with Crippen LogP contribution in [0, 0.1) is 11.3 Å². The van der Waals surface area contributed by atoms with Crippen molar-refractivity contribution < 1.29 is 4.11 Å². The lowest BCUT2D eigenvalue weighted by atomic mass is 10.6. The Morgan fingerprint density at radius 3 is 3.20 bits per heavy atom. The van der Waals surface area contributed by atoms with Crippen LogP contribution in [0.2, 0.25) is 0 Å². The van der Waals surface area contributed by atoms with E-state index in [2.05, 4.69) is 0 Å². The molecule has 0 bridgehead atoms. The van der Waals surface area contributed by atoms with Gasteiger partial charge in [0.15, 0.2) is 0 Å². The third-order valence-electron chi connectivity index (χ3n) is 0.158. The third-order valence-corrected chi connectivity index (χ3v) is 0.158. The summed E-state index contributed by atoms with van der Waals surface area (Å²) in [4.78, 5) is 0. The summed E-state index contributed by atoms with van der Waals surface area (Å²) in [5.74, 6) is 0. The number of hydrogen-bond acceptors (Lipinski definition) is 1. The first-order valence-electron chi connectivity index (χ1n) is 2.63. The Hall–Kier alpha value is -0.770. The average Bonchev–Trinajstić information content (AvgIpc) is 1.59. The van der Waals surface area contributed by atoms with Gasteiger partial charge in [0.05, 0.1) is 6.07 Å². The van der Waals surface area contributed by atoms with Gasteiger partial charge in [-0.1, -0.05) is 6.08 Å². The fourth-order valence-electron chi connectivity index (χ4n) is 0.0373. The summed E-state index contributed by atoms with van der Waals surface area (Å²) in [6.07, 6.45) is 1.83. The Morgan fingerprint density at radius 1 is 2.20 bits per heavy atom. The van der Waals surface area contributed by atoms with Crippen LogP contribution in [0.4, 0.5) is 0 Å². The zero-order chi connectivity index (χ0) is 6.62. The lowest BCUT2D eigenvalue weighted by Crippen LogP contribution is -1.35. The minimum atomic E-state index is -2.10. The van der Waals surface area contributed by atoms with Gasteiger partial charge in [0, 0.05) is 10.2 Å². The van der Waals surface area contributed by atoms with Crippen molar-refractivity contribution in [2.24, 2.45) is 0 Å². The number of nitrogens with zero attached hydrogens (tertiary/aromatic N) is 1. The molecule has 0 aromatic heterocycles. The molecule has 0 aromatic carbocycles. The number of hydrogen-bond donors (Lipinski definition) is 0. The molecule has 0 saturated carbocycles. The molecule has 1 heteroatoms.